The number of carbonyl (C=O) groups is 1. The Hall–Kier alpha value is -3.61. The first-order valence-electron chi connectivity index (χ1n) is 12.4. The van der Waals surface area contributed by atoms with E-state index in [9.17, 15) is 19.8 Å². The number of carboxylic acid groups (broad SMARTS) is 1. The summed E-state index contributed by atoms with van der Waals surface area (Å²) in [7, 11) is 2.03. The van der Waals surface area contributed by atoms with Gasteiger partial charge < -0.3 is 25.5 Å². The molecule has 2 aliphatic rings. The molecule has 3 atom stereocenters. The van der Waals surface area contributed by atoms with Gasteiger partial charge in [0.15, 0.2) is 5.56 Å². The van der Waals surface area contributed by atoms with Gasteiger partial charge in [-0.2, -0.15) is 0 Å². The second-order valence-corrected chi connectivity index (χ2v) is 10.2. The van der Waals surface area contributed by atoms with Gasteiger partial charge in [-0.15, -0.1) is 0 Å². The third kappa shape index (κ3) is 3.69. The molecule has 1 aliphatic carbocycles. The molecule has 1 saturated heterocycles. The van der Waals surface area contributed by atoms with Crippen molar-refractivity contribution in [2.75, 3.05) is 13.1 Å². The van der Waals surface area contributed by atoms with E-state index in [-0.39, 0.29) is 17.5 Å². The van der Waals surface area contributed by atoms with E-state index in [0.29, 0.717) is 23.2 Å². The third-order valence-corrected chi connectivity index (χ3v) is 8.24. The van der Waals surface area contributed by atoms with Gasteiger partial charge in [0.25, 0.3) is 17.7 Å². The van der Waals surface area contributed by atoms with Crippen molar-refractivity contribution in [3.05, 3.63) is 56.3 Å². The van der Waals surface area contributed by atoms with Gasteiger partial charge in [0.05, 0.1) is 18.2 Å². The van der Waals surface area contributed by atoms with Gasteiger partial charge in [0, 0.05) is 54.8 Å². The van der Waals surface area contributed by atoms with E-state index < -0.39 is 22.8 Å². The number of aromatic nitrogens is 2. The maximum atomic E-state index is 12.4. The first-order valence-corrected chi connectivity index (χ1v) is 12.4. The molecule has 9 nitrogen and oxygen atoms in total. The number of pyridine rings is 1. The third-order valence-electron chi connectivity index (χ3n) is 8.24. The zero-order chi connectivity index (χ0) is 25.8. The molecule has 1 aliphatic heterocycles. The number of nitrogens with two attached hydrogens (primary N) is 1. The summed E-state index contributed by atoms with van der Waals surface area (Å²) in [5.41, 5.74) is 8.43. The van der Waals surface area contributed by atoms with Crippen molar-refractivity contribution < 1.29 is 15.0 Å². The number of fused-ring (bicyclic) bond motifs is 2. The van der Waals surface area contributed by atoms with Crippen molar-refractivity contribution in [2.45, 2.75) is 50.7 Å². The lowest BCUT2D eigenvalue weighted by Gasteiger charge is -2.29. The smallest absolute Gasteiger partial charge is 0.345 e. The Morgan fingerprint density at radius 3 is 2.81 bits per heavy atom. The zero-order valence-corrected chi connectivity index (χ0v) is 20.6. The molecule has 0 spiro atoms. The largest absolute Gasteiger partial charge is 0.506 e. The van der Waals surface area contributed by atoms with Crippen LogP contribution in [0.4, 0.5) is 0 Å². The topological polar surface area (TPSA) is 129 Å². The van der Waals surface area contributed by atoms with Gasteiger partial charge in [-0.05, 0) is 43.0 Å². The van der Waals surface area contributed by atoms with Gasteiger partial charge in [-0.25, -0.2) is 4.79 Å². The van der Waals surface area contributed by atoms with Crippen molar-refractivity contribution in [2.24, 2.45) is 18.7 Å². The average molecular weight is 491 g/mol. The number of aromatic amines is 1. The Morgan fingerprint density at radius 1 is 1.36 bits per heavy atom. The van der Waals surface area contributed by atoms with E-state index in [1.165, 1.54) is 0 Å². The molecule has 188 valence electrons. The summed E-state index contributed by atoms with van der Waals surface area (Å²) in [5.74, 6) is -1.67. The molecule has 0 amide bonds. The van der Waals surface area contributed by atoms with E-state index >= 15 is 0 Å². The number of rotatable bonds is 5. The SMILES string of the molecule is C#[N+]C12CCCC(N)C1CN(Cc1cc3cc(-c4[nH]c(=O)c(C(=O)O)c(O)c4CC)ccc3n1C)C2. The molecule has 2 fully saturated rings. The Bertz CT molecular complexity index is 1470. The van der Waals surface area contributed by atoms with Crippen molar-refractivity contribution in [1.82, 2.24) is 14.5 Å². The lowest BCUT2D eigenvalue weighted by atomic mass is 9.73. The summed E-state index contributed by atoms with van der Waals surface area (Å²) in [4.78, 5) is 33.2. The molecule has 3 aromatic rings. The summed E-state index contributed by atoms with van der Waals surface area (Å²) in [6, 6.07) is 8.05. The number of H-pyrrole nitrogens is 1. The van der Waals surface area contributed by atoms with Crippen molar-refractivity contribution in [3.8, 4) is 23.6 Å². The molecule has 3 unspecified atom stereocenters. The first kappa shape index (κ1) is 24.1. The normalized spacial score (nSPS) is 24.1. The number of nitrogens with one attached hydrogen (secondary N) is 1. The van der Waals surface area contributed by atoms with Crippen LogP contribution in [0.25, 0.3) is 27.0 Å². The highest BCUT2D eigenvalue weighted by atomic mass is 16.4. The Balaban J connectivity index is 1.49. The molecule has 2 aromatic heterocycles. The van der Waals surface area contributed by atoms with Gasteiger partial charge in [-0.1, -0.05) is 17.8 Å². The average Bonchev–Trinajstić information content (AvgIpc) is 3.37. The fraction of sp³-hybridized carbons (Fsp3) is 0.444. The monoisotopic (exact) mass is 490 g/mol. The Morgan fingerprint density at radius 2 is 2.14 bits per heavy atom. The number of hydrogen-bond donors (Lipinski definition) is 4. The van der Waals surface area contributed by atoms with Gasteiger partial charge in [0.1, 0.15) is 5.75 Å². The molecule has 1 aromatic carbocycles. The number of nitrogens with zero attached hydrogens (tertiary/aromatic N) is 3. The van der Waals surface area contributed by atoms with Crippen LogP contribution in [0.15, 0.2) is 29.1 Å². The van der Waals surface area contributed by atoms with Gasteiger partial charge in [-0.3, -0.25) is 9.69 Å². The van der Waals surface area contributed by atoms with Crippen LogP contribution < -0.4 is 11.3 Å². The van der Waals surface area contributed by atoms with E-state index in [0.717, 1.165) is 55.5 Å². The van der Waals surface area contributed by atoms with E-state index in [1.807, 2.05) is 32.2 Å². The highest BCUT2D eigenvalue weighted by Crippen LogP contribution is 2.43. The quantitative estimate of drug-likeness (QED) is 0.435. The lowest BCUT2D eigenvalue weighted by Crippen LogP contribution is -2.48. The van der Waals surface area contributed by atoms with Crippen molar-refractivity contribution in [1.29, 1.82) is 0 Å². The fourth-order valence-corrected chi connectivity index (χ4v) is 6.34. The van der Waals surface area contributed by atoms with Crippen molar-refractivity contribution >= 4 is 16.9 Å². The van der Waals surface area contributed by atoms with E-state index in [4.69, 9.17) is 12.3 Å². The summed E-state index contributed by atoms with van der Waals surface area (Å²) in [6.45, 7) is 10.1. The number of aryl methyl sites for hydroxylation is 1. The summed E-state index contributed by atoms with van der Waals surface area (Å²) in [6.07, 6.45) is 3.40. The van der Waals surface area contributed by atoms with Crippen molar-refractivity contribution in [3.63, 3.8) is 0 Å². The predicted octanol–water partition coefficient (Wildman–Crippen LogP) is 3.14. The van der Waals surface area contributed by atoms with Crippen LogP contribution in [0.5, 0.6) is 5.75 Å². The molecule has 5 rings (SSSR count). The summed E-state index contributed by atoms with van der Waals surface area (Å²) in [5, 5.41) is 20.8. The number of benzene rings is 1. The Labute approximate surface area is 209 Å². The Kier molecular flexibility index (Phi) is 5.89. The molecule has 3 heterocycles. The van der Waals surface area contributed by atoms with Crippen LogP contribution in [0.3, 0.4) is 0 Å². The molecule has 0 radical (unpaired) electrons. The maximum absolute atomic E-state index is 12.4. The molecule has 36 heavy (non-hydrogen) atoms. The standard InChI is InChI=1S/C27H31N5O4/c1-4-18-23(30-25(34)22(24(18)33)26(35)36)15-7-8-21-16(10-15)11-17(31(21)3)12-32-13-19-20(28)6-5-9-27(19,14-32)29-2/h2,7-8,10-11,19-20H,4-6,9,12-14,28H2,1,3H3,(H2-,30,33,34,35,36)/p+1. The van der Waals surface area contributed by atoms with Crippen LogP contribution in [0.1, 0.15) is 47.8 Å². The number of likely N-dealkylation sites (tertiary alicyclic amines) is 1. The number of hydrogen-bond acceptors (Lipinski definition) is 5. The number of aromatic carboxylic acids is 1. The van der Waals surface area contributed by atoms with Gasteiger partial charge in [0.2, 0.25) is 0 Å². The first-order chi connectivity index (χ1) is 17.2. The molecule has 5 N–H and O–H groups in total. The van der Waals surface area contributed by atoms with Crippen LogP contribution in [-0.2, 0) is 20.0 Å². The van der Waals surface area contributed by atoms with Crippen LogP contribution in [0.2, 0.25) is 0 Å². The number of carboxylic acids is 1. The molecule has 1 saturated carbocycles. The van der Waals surface area contributed by atoms with E-state index in [2.05, 4.69) is 25.4 Å². The molecule has 0 bridgehead atoms. The minimum atomic E-state index is -1.45. The van der Waals surface area contributed by atoms with E-state index in [1.54, 1.807) is 0 Å². The fourth-order valence-electron chi connectivity index (χ4n) is 6.34. The second-order valence-electron chi connectivity index (χ2n) is 10.2. The van der Waals surface area contributed by atoms with Crippen LogP contribution >= 0.6 is 0 Å². The maximum Gasteiger partial charge on any atom is 0.345 e. The van der Waals surface area contributed by atoms with Crippen LogP contribution in [0, 0.1) is 12.5 Å². The zero-order valence-electron chi connectivity index (χ0n) is 20.6. The summed E-state index contributed by atoms with van der Waals surface area (Å²) < 4.78 is 2.15. The minimum Gasteiger partial charge on any atom is -0.506 e. The highest BCUT2D eigenvalue weighted by Gasteiger charge is 2.59. The minimum absolute atomic E-state index is 0.116. The van der Waals surface area contributed by atoms with Gasteiger partial charge >= 0.3 is 5.97 Å². The second kappa shape index (κ2) is 8.80. The lowest BCUT2D eigenvalue weighted by molar-refractivity contribution is 0.0691. The summed E-state index contributed by atoms with van der Waals surface area (Å²) >= 11 is 0. The molecular weight excluding hydrogens is 458 g/mol. The van der Waals surface area contributed by atoms with Crippen LogP contribution in [-0.4, -0.2) is 55.3 Å². The molecular formula is C27H32N5O4+. The number of aromatic hydroxyl groups is 1. The highest BCUT2D eigenvalue weighted by molar-refractivity contribution is 5.92. The predicted molar refractivity (Wildman–Crippen MR) is 139 cm³/mol. The molecule has 9 heteroatoms.